The number of amides is 1. The molecule has 130 valence electrons. The normalized spacial score (nSPS) is 12.2. The van der Waals surface area contributed by atoms with Gasteiger partial charge in [0.2, 0.25) is 11.8 Å². The minimum atomic E-state index is 0.0749. The van der Waals surface area contributed by atoms with E-state index < -0.39 is 0 Å². The molecule has 1 aromatic carbocycles. The van der Waals surface area contributed by atoms with E-state index in [0.717, 1.165) is 29.9 Å². The van der Waals surface area contributed by atoms with Gasteiger partial charge in [0.1, 0.15) is 5.76 Å². The first-order valence-corrected chi connectivity index (χ1v) is 9.61. The standard InChI is InChI=1S/C19H26N2O2S/c1-5-13(3)20-18(22)12-24-11-17-14(4)23-19(21-17)16-9-7-15(6-2)8-10-16/h7-10,13H,5-6,11-12H2,1-4H3,(H,20,22)/t13-/m0/s1. The number of thioether (sulfide) groups is 1. The Hall–Kier alpha value is -1.75. The van der Waals surface area contributed by atoms with Crippen LogP contribution in [-0.2, 0) is 17.0 Å². The third-order valence-corrected chi connectivity index (χ3v) is 4.94. The maximum absolute atomic E-state index is 11.8. The first-order chi connectivity index (χ1) is 11.5. The van der Waals surface area contributed by atoms with Crippen LogP contribution in [0.15, 0.2) is 28.7 Å². The van der Waals surface area contributed by atoms with E-state index in [1.54, 1.807) is 11.8 Å². The predicted molar refractivity (Wildman–Crippen MR) is 100 cm³/mol. The van der Waals surface area contributed by atoms with Crippen LogP contribution >= 0.6 is 11.8 Å². The SMILES string of the molecule is CCc1ccc(-c2nc(CSCC(=O)N[C@@H](C)CC)c(C)o2)cc1. The van der Waals surface area contributed by atoms with Crippen molar-refractivity contribution in [3.8, 4) is 11.5 Å². The second kappa shape index (κ2) is 8.92. The highest BCUT2D eigenvalue weighted by molar-refractivity contribution is 7.99. The minimum absolute atomic E-state index is 0.0749. The van der Waals surface area contributed by atoms with Crippen molar-refractivity contribution < 1.29 is 9.21 Å². The number of hydrogen-bond acceptors (Lipinski definition) is 4. The van der Waals surface area contributed by atoms with Crippen LogP contribution in [0.25, 0.3) is 11.5 Å². The lowest BCUT2D eigenvalue weighted by Crippen LogP contribution is -2.33. The number of benzene rings is 1. The number of aryl methyl sites for hydroxylation is 2. The first-order valence-electron chi connectivity index (χ1n) is 8.46. The Bertz CT molecular complexity index is 665. The lowest BCUT2D eigenvalue weighted by atomic mass is 10.1. The Balaban J connectivity index is 1.92. The van der Waals surface area contributed by atoms with Gasteiger partial charge in [-0.3, -0.25) is 4.79 Å². The van der Waals surface area contributed by atoms with Gasteiger partial charge in [0.25, 0.3) is 0 Å². The molecule has 0 bridgehead atoms. The Morgan fingerprint density at radius 2 is 2.00 bits per heavy atom. The summed E-state index contributed by atoms with van der Waals surface area (Å²) in [5.74, 6) is 2.66. The average molecular weight is 346 g/mol. The Kier molecular flexibility index (Phi) is 6.91. The summed E-state index contributed by atoms with van der Waals surface area (Å²) in [6.45, 7) is 8.13. The highest BCUT2D eigenvalue weighted by Gasteiger charge is 2.12. The molecule has 1 N–H and O–H groups in total. The lowest BCUT2D eigenvalue weighted by Gasteiger charge is -2.10. The zero-order valence-electron chi connectivity index (χ0n) is 14.9. The molecule has 4 nitrogen and oxygen atoms in total. The molecule has 2 rings (SSSR count). The van der Waals surface area contributed by atoms with Crippen LogP contribution in [-0.4, -0.2) is 22.7 Å². The van der Waals surface area contributed by atoms with Crippen molar-refractivity contribution in [1.29, 1.82) is 0 Å². The molecule has 1 atom stereocenters. The monoisotopic (exact) mass is 346 g/mol. The number of rotatable bonds is 8. The van der Waals surface area contributed by atoms with Gasteiger partial charge >= 0.3 is 0 Å². The Labute approximate surface area is 148 Å². The van der Waals surface area contributed by atoms with Gasteiger partial charge in [-0.05, 0) is 44.4 Å². The highest BCUT2D eigenvalue weighted by atomic mass is 32.2. The molecule has 0 saturated carbocycles. The van der Waals surface area contributed by atoms with Crippen LogP contribution in [0.4, 0.5) is 0 Å². The molecule has 0 aliphatic carbocycles. The fraction of sp³-hybridized carbons (Fsp3) is 0.474. The van der Waals surface area contributed by atoms with Crippen molar-refractivity contribution >= 4 is 17.7 Å². The molecule has 2 aromatic rings. The quantitative estimate of drug-likeness (QED) is 0.771. The third kappa shape index (κ3) is 5.13. The van der Waals surface area contributed by atoms with Gasteiger partial charge < -0.3 is 9.73 Å². The number of hydrogen-bond donors (Lipinski definition) is 1. The van der Waals surface area contributed by atoms with Gasteiger partial charge in [-0.2, -0.15) is 0 Å². The van der Waals surface area contributed by atoms with E-state index >= 15 is 0 Å². The molecule has 0 aliphatic rings. The topological polar surface area (TPSA) is 55.1 Å². The molecule has 1 heterocycles. The number of oxazole rings is 1. The van der Waals surface area contributed by atoms with E-state index in [4.69, 9.17) is 4.42 Å². The van der Waals surface area contributed by atoms with Gasteiger partial charge in [0.05, 0.1) is 11.4 Å². The first kappa shape index (κ1) is 18.6. The van der Waals surface area contributed by atoms with Crippen molar-refractivity contribution in [2.75, 3.05) is 5.75 Å². The average Bonchev–Trinajstić information content (AvgIpc) is 2.95. The number of nitrogens with one attached hydrogen (secondary N) is 1. The van der Waals surface area contributed by atoms with E-state index in [2.05, 4.69) is 36.3 Å². The van der Waals surface area contributed by atoms with Crippen LogP contribution in [0.3, 0.4) is 0 Å². The van der Waals surface area contributed by atoms with Crippen LogP contribution in [0.2, 0.25) is 0 Å². The number of aromatic nitrogens is 1. The highest BCUT2D eigenvalue weighted by Crippen LogP contribution is 2.24. The molecule has 1 aromatic heterocycles. The van der Waals surface area contributed by atoms with E-state index in [9.17, 15) is 4.79 Å². The smallest absolute Gasteiger partial charge is 0.230 e. The van der Waals surface area contributed by atoms with Gasteiger partial charge in [-0.25, -0.2) is 4.98 Å². The summed E-state index contributed by atoms with van der Waals surface area (Å²) >= 11 is 1.56. The molecule has 1 amide bonds. The maximum atomic E-state index is 11.8. The van der Waals surface area contributed by atoms with Gasteiger partial charge in [-0.1, -0.05) is 26.0 Å². The van der Waals surface area contributed by atoms with E-state index in [1.807, 2.05) is 26.0 Å². The van der Waals surface area contributed by atoms with Gasteiger partial charge in [0.15, 0.2) is 0 Å². The van der Waals surface area contributed by atoms with Crippen molar-refractivity contribution in [3.05, 3.63) is 41.3 Å². The van der Waals surface area contributed by atoms with Crippen LogP contribution < -0.4 is 5.32 Å². The second-order valence-corrected chi connectivity index (χ2v) is 6.93. The van der Waals surface area contributed by atoms with Crippen LogP contribution in [0, 0.1) is 6.92 Å². The van der Waals surface area contributed by atoms with E-state index in [-0.39, 0.29) is 11.9 Å². The van der Waals surface area contributed by atoms with Crippen LogP contribution in [0.1, 0.15) is 44.2 Å². The molecular formula is C19H26N2O2S. The second-order valence-electron chi connectivity index (χ2n) is 5.94. The van der Waals surface area contributed by atoms with Gasteiger partial charge in [-0.15, -0.1) is 11.8 Å². The summed E-state index contributed by atoms with van der Waals surface area (Å²) in [4.78, 5) is 16.4. The fourth-order valence-corrected chi connectivity index (χ4v) is 3.06. The molecule has 24 heavy (non-hydrogen) atoms. The summed E-state index contributed by atoms with van der Waals surface area (Å²) in [5, 5.41) is 2.97. The number of nitrogens with zero attached hydrogens (tertiary/aromatic N) is 1. The molecule has 0 unspecified atom stereocenters. The lowest BCUT2D eigenvalue weighted by molar-refractivity contribution is -0.119. The molecule has 0 aliphatic heterocycles. The largest absolute Gasteiger partial charge is 0.441 e. The zero-order chi connectivity index (χ0) is 17.5. The van der Waals surface area contributed by atoms with Crippen LogP contribution in [0.5, 0.6) is 0 Å². The van der Waals surface area contributed by atoms with Crippen molar-refractivity contribution in [2.24, 2.45) is 0 Å². The maximum Gasteiger partial charge on any atom is 0.230 e. The number of carbonyl (C=O) groups excluding carboxylic acids is 1. The molecule has 5 heteroatoms. The summed E-state index contributed by atoms with van der Waals surface area (Å²) in [6, 6.07) is 8.51. The Morgan fingerprint density at radius 1 is 1.29 bits per heavy atom. The minimum Gasteiger partial charge on any atom is -0.441 e. The van der Waals surface area contributed by atoms with Crippen molar-refractivity contribution in [3.63, 3.8) is 0 Å². The summed E-state index contributed by atoms with van der Waals surface area (Å²) in [7, 11) is 0. The third-order valence-electron chi connectivity index (χ3n) is 3.99. The van der Waals surface area contributed by atoms with Gasteiger partial charge in [0, 0.05) is 17.4 Å². The fourth-order valence-electron chi connectivity index (χ4n) is 2.23. The predicted octanol–water partition coefficient (Wildman–Crippen LogP) is 4.36. The summed E-state index contributed by atoms with van der Waals surface area (Å²) in [5.41, 5.74) is 3.19. The molecular weight excluding hydrogens is 320 g/mol. The Morgan fingerprint density at radius 3 is 2.62 bits per heavy atom. The molecule has 0 fully saturated rings. The van der Waals surface area contributed by atoms with E-state index in [0.29, 0.717) is 17.4 Å². The van der Waals surface area contributed by atoms with Crippen molar-refractivity contribution in [1.82, 2.24) is 10.3 Å². The van der Waals surface area contributed by atoms with Crippen molar-refractivity contribution in [2.45, 2.75) is 52.3 Å². The zero-order valence-corrected chi connectivity index (χ0v) is 15.7. The number of carbonyl (C=O) groups is 1. The molecule has 0 radical (unpaired) electrons. The summed E-state index contributed by atoms with van der Waals surface area (Å²) < 4.78 is 5.79. The molecule has 0 saturated heterocycles. The summed E-state index contributed by atoms with van der Waals surface area (Å²) in [6.07, 6.45) is 1.96. The molecule has 0 spiro atoms. The van der Waals surface area contributed by atoms with E-state index in [1.165, 1.54) is 5.56 Å².